The fourth-order valence-corrected chi connectivity index (χ4v) is 2.62. The molecule has 7 heteroatoms. The van der Waals surface area contributed by atoms with Gasteiger partial charge in [0.15, 0.2) is 0 Å². The van der Waals surface area contributed by atoms with Gasteiger partial charge in [-0.15, -0.1) is 16.7 Å². The van der Waals surface area contributed by atoms with Crippen molar-refractivity contribution in [3.63, 3.8) is 0 Å². The molecule has 3 rings (SSSR count). The number of nitrogens with zero attached hydrogens (tertiary/aromatic N) is 4. The summed E-state index contributed by atoms with van der Waals surface area (Å²) in [5.41, 5.74) is 2.47. The molecule has 0 atom stereocenters. The second-order valence-corrected chi connectivity index (χ2v) is 5.05. The highest BCUT2D eigenvalue weighted by Gasteiger charge is 2.34. The van der Waals surface area contributed by atoms with Crippen LogP contribution >= 0.6 is 11.6 Å². The Morgan fingerprint density at radius 1 is 1.10 bits per heavy atom. The maximum atomic E-state index is 12.2. The van der Waals surface area contributed by atoms with Gasteiger partial charge in [-0.05, 0) is 19.1 Å². The summed E-state index contributed by atoms with van der Waals surface area (Å²) in [6.07, 6.45) is 0. The Hall–Kier alpha value is -2.21. The Balaban J connectivity index is 1.76. The summed E-state index contributed by atoms with van der Waals surface area (Å²) in [6, 6.07) is 6.84. The van der Waals surface area contributed by atoms with Crippen LogP contribution < -0.4 is 0 Å². The topological polar surface area (TPSA) is 68.1 Å². The standard InChI is InChI=1S/C14H13ClN4O2/c1-9-12(8-15)16-17-19(9)7-6-18-13(20)10-4-2-3-5-11(10)14(18)21/h2-5H,6-8H2,1H3. The number of hydrogen-bond donors (Lipinski definition) is 0. The molecule has 1 aromatic heterocycles. The predicted molar refractivity (Wildman–Crippen MR) is 76.1 cm³/mol. The summed E-state index contributed by atoms with van der Waals surface area (Å²) in [5.74, 6) is -0.226. The molecule has 2 heterocycles. The molecule has 0 fully saturated rings. The zero-order chi connectivity index (χ0) is 15.0. The molecule has 0 N–H and O–H groups in total. The SMILES string of the molecule is Cc1c(CCl)nnn1CCN1C(=O)c2ccccc2C1=O. The number of aromatic nitrogens is 3. The van der Waals surface area contributed by atoms with Gasteiger partial charge in [0.25, 0.3) is 11.8 Å². The molecule has 0 bridgehead atoms. The van der Waals surface area contributed by atoms with E-state index in [2.05, 4.69) is 10.3 Å². The lowest BCUT2D eigenvalue weighted by Gasteiger charge is -2.13. The van der Waals surface area contributed by atoms with Crippen LogP contribution in [0.1, 0.15) is 32.1 Å². The molecule has 0 saturated carbocycles. The van der Waals surface area contributed by atoms with Crippen LogP contribution in [-0.4, -0.2) is 38.3 Å². The molecule has 1 aliphatic heterocycles. The third-order valence-electron chi connectivity index (χ3n) is 3.62. The first-order valence-electron chi connectivity index (χ1n) is 6.53. The van der Waals surface area contributed by atoms with E-state index in [-0.39, 0.29) is 18.4 Å². The van der Waals surface area contributed by atoms with Gasteiger partial charge in [-0.25, -0.2) is 4.68 Å². The van der Waals surface area contributed by atoms with Crippen molar-refractivity contribution in [2.75, 3.05) is 6.54 Å². The van der Waals surface area contributed by atoms with Crippen LogP contribution in [0.25, 0.3) is 0 Å². The summed E-state index contributed by atoms with van der Waals surface area (Å²) < 4.78 is 1.65. The molecular weight excluding hydrogens is 292 g/mol. The van der Waals surface area contributed by atoms with Gasteiger partial charge >= 0.3 is 0 Å². The molecule has 0 aliphatic carbocycles. The second kappa shape index (κ2) is 5.29. The fourth-order valence-electron chi connectivity index (χ4n) is 2.37. The van der Waals surface area contributed by atoms with Gasteiger partial charge in [0, 0.05) is 6.54 Å². The number of rotatable bonds is 4. The van der Waals surface area contributed by atoms with Gasteiger partial charge in [0.1, 0.15) is 5.69 Å². The van der Waals surface area contributed by atoms with E-state index in [1.165, 1.54) is 4.90 Å². The lowest BCUT2D eigenvalue weighted by Crippen LogP contribution is -2.33. The van der Waals surface area contributed by atoms with Crippen LogP contribution in [0.4, 0.5) is 0 Å². The first kappa shape index (κ1) is 13.8. The number of benzene rings is 1. The number of carbonyl (C=O) groups excluding carboxylic acids is 2. The van der Waals surface area contributed by atoms with Gasteiger partial charge in [-0.1, -0.05) is 17.3 Å². The van der Waals surface area contributed by atoms with Crippen molar-refractivity contribution in [1.82, 2.24) is 19.9 Å². The zero-order valence-electron chi connectivity index (χ0n) is 11.4. The smallest absolute Gasteiger partial charge is 0.261 e. The van der Waals surface area contributed by atoms with Gasteiger partial charge in [-0.3, -0.25) is 14.5 Å². The van der Waals surface area contributed by atoms with Crippen LogP contribution in [0.2, 0.25) is 0 Å². The highest BCUT2D eigenvalue weighted by atomic mass is 35.5. The van der Waals surface area contributed by atoms with Crippen molar-refractivity contribution in [2.24, 2.45) is 0 Å². The third-order valence-corrected chi connectivity index (χ3v) is 3.87. The number of carbonyl (C=O) groups is 2. The van der Waals surface area contributed by atoms with Crippen LogP contribution in [0.5, 0.6) is 0 Å². The maximum Gasteiger partial charge on any atom is 0.261 e. The Morgan fingerprint density at radius 3 is 2.24 bits per heavy atom. The lowest BCUT2D eigenvalue weighted by atomic mass is 10.1. The third kappa shape index (κ3) is 2.21. The maximum absolute atomic E-state index is 12.2. The summed E-state index contributed by atoms with van der Waals surface area (Å²) in [6.45, 7) is 2.53. The van der Waals surface area contributed by atoms with Crippen molar-refractivity contribution in [3.8, 4) is 0 Å². The van der Waals surface area contributed by atoms with Gasteiger partial charge < -0.3 is 0 Å². The Bertz CT molecular complexity index is 691. The van der Waals surface area contributed by atoms with E-state index in [4.69, 9.17) is 11.6 Å². The van der Waals surface area contributed by atoms with Gasteiger partial charge in [0.05, 0.1) is 29.2 Å². The predicted octanol–water partition coefficient (Wildman–Crippen LogP) is 1.62. The summed E-state index contributed by atoms with van der Waals surface area (Å²) in [4.78, 5) is 25.7. The average molecular weight is 305 g/mol. The minimum absolute atomic E-state index is 0.258. The van der Waals surface area contributed by atoms with Crippen LogP contribution in [0.3, 0.4) is 0 Å². The summed E-state index contributed by atoms with van der Waals surface area (Å²) in [5, 5.41) is 7.93. The van der Waals surface area contributed by atoms with Crippen molar-refractivity contribution in [2.45, 2.75) is 19.3 Å². The molecule has 0 spiro atoms. The van der Waals surface area contributed by atoms with Crippen molar-refractivity contribution < 1.29 is 9.59 Å². The zero-order valence-corrected chi connectivity index (χ0v) is 12.2. The molecule has 2 amide bonds. The van der Waals surface area contributed by atoms with E-state index < -0.39 is 0 Å². The number of imide groups is 1. The number of hydrogen-bond acceptors (Lipinski definition) is 4. The average Bonchev–Trinajstić information content (AvgIpc) is 2.97. The molecule has 1 aromatic carbocycles. The fraction of sp³-hybridized carbons (Fsp3) is 0.286. The monoisotopic (exact) mass is 304 g/mol. The van der Waals surface area contributed by atoms with E-state index in [1.807, 2.05) is 6.92 Å². The number of alkyl halides is 1. The highest BCUT2D eigenvalue weighted by Crippen LogP contribution is 2.22. The van der Waals surface area contributed by atoms with Crippen molar-refractivity contribution in [3.05, 3.63) is 46.8 Å². The van der Waals surface area contributed by atoms with E-state index in [0.29, 0.717) is 29.2 Å². The van der Waals surface area contributed by atoms with E-state index >= 15 is 0 Å². The Kier molecular flexibility index (Phi) is 3.47. The summed E-state index contributed by atoms with van der Waals surface area (Å²) in [7, 11) is 0. The molecule has 1 aliphatic rings. The molecule has 0 radical (unpaired) electrons. The first-order valence-corrected chi connectivity index (χ1v) is 7.07. The molecule has 6 nitrogen and oxygen atoms in total. The van der Waals surface area contributed by atoms with E-state index in [1.54, 1.807) is 28.9 Å². The molecule has 2 aromatic rings. The number of fused-ring (bicyclic) bond motifs is 1. The summed E-state index contributed by atoms with van der Waals surface area (Å²) >= 11 is 5.75. The van der Waals surface area contributed by atoms with Crippen LogP contribution in [-0.2, 0) is 12.4 Å². The second-order valence-electron chi connectivity index (χ2n) is 4.79. The van der Waals surface area contributed by atoms with Gasteiger partial charge in [-0.2, -0.15) is 0 Å². The first-order chi connectivity index (χ1) is 10.1. The van der Waals surface area contributed by atoms with Crippen LogP contribution in [0, 0.1) is 6.92 Å². The van der Waals surface area contributed by atoms with E-state index in [9.17, 15) is 9.59 Å². The number of halogens is 1. The molecular formula is C14H13ClN4O2. The largest absolute Gasteiger partial charge is 0.272 e. The minimum Gasteiger partial charge on any atom is -0.272 e. The highest BCUT2D eigenvalue weighted by molar-refractivity contribution is 6.21. The van der Waals surface area contributed by atoms with Crippen LogP contribution in [0.15, 0.2) is 24.3 Å². The van der Waals surface area contributed by atoms with Crippen molar-refractivity contribution in [1.29, 1.82) is 0 Å². The van der Waals surface area contributed by atoms with Crippen molar-refractivity contribution >= 4 is 23.4 Å². The quantitative estimate of drug-likeness (QED) is 0.636. The van der Waals surface area contributed by atoms with E-state index in [0.717, 1.165) is 5.69 Å². The molecule has 108 valence electrons. The van der Waals surface area contributed by atoms with Gasteiger partial charge in [0.2, 0.25) is 0 Å². The number of amides is 2. The molecule has 21 heavy (non-hydrogen) atoms. The lowest BCUT2D eigenvalue weighted by molar-refractivity contribution is 0.0647. The normalized spacial score (nSPS) is 13.9. The molecule has 0 saturated heterocycles. The minimum atomic E-state index is -0.258. The Labute approximate surface area is 126 Å². The Morgan fingerprint density at radius 2 is 1.71 bits per heavy atom. The molecule has 0 unspecified atom stereocenters.